The van der Waals surface area contributed by atoms with Crippen LogP contribution < -0.4 is 10.2 Å². The van der Waals surface area contributed by atoms with E-state index in [4.69, 9.17) is 0 Å². The number of hydrogen-bond donors (Lipinski definition) is 1. The molecule has 2 aliphatic rings. The van der Waals surface area contributed by atoms with Crippen LogP contribution in [-0.2, 0) is 12.8 Å². The highest BCUT2D eigenvalue weighted by Crippen LogP contribution is 2.31. The molecule has 1 saturated heterocycles. The maximum absolute atomic E-state index is 12.9. The number of piperazine rings is 1. The summed E-state index contributed by atoms with van der Waals surface area (Å²) in [4.78, 5) is 26.4. The Kier molecular flexibility index (Phi) is 5.70. The zero-order valence-corrected chi connectivity index (χ0v) is 18.6. The third-order valence-corrected chi connectivity index (χ3v) is 7.20. The van der Waals surface area contributed by atoms with Gasteiger partial charge in [-0.2, -0.15) is 0 Å². The van der Waals surface area contributed by atoms with E-state index in [1.807, 2.05) is 17.5 Å². The lowest BCUT2D eigenvalue weighted by molar-refractivity contribution is 0.0929. The van der Waals surface area contributed by atoms with Crippen LogP contribution in [0.5, 0.6) is 0 Å². The second kappa shape index (κ2) is 8.77. The maximum Gasteiger partial charge on any atom is 0.271 e. The number of rotatable bonds is 4. The zero-order chi connectivity index (χ0) is 21.2. The van der Waals surface area contributed by atoms with Gasteiger partial charge in [-0.3, -0.25) is 9.78 Å². The number of nitrogens with zero attached hydrogens (tertiary/aromatic N) is 4. The minimum atomic E-state index is -0.0814. The molecule has 0 saturated carbocycles. The van der Waals surface area contributed by atoms with E-state index in [-0.39, 0.29) is 11.9 Å². The zero-order valence-electron chi connectivity index (χ0n) is 17.8. The van der Waals surface area contributed by atoms with Crippen LogP contribution in [0.3, 0.4) is 0 Å². The quantitative estimate of drug-likeness (QED) is 0.684. The van der Waals surface area contributed by atoms with Crippen LogP contribution in [0.25, 0.3) is 10.6 Å². The summed E-state index contributed by atoms with van der Waals surface area (Å²) in [6, 6.07) is 10.6. The highest BCUT2D eigenvalue weighted by molar-refractivity contribution is 7.13. The van der Waals surface area contributed by atoms with Gasteiger partial charge < -0.3 is 15.1 Å². The van der Waals surface area contributed by atoms with Crippen LogP contribution in [0, 0.1) is 0 Å². The normalized spacial score (nSPS) is 19.1. The number of carbonyl (C=O) groups is 1. The molecular weight excluding hydrogens is 406 g/mol. The first-order chi connectivity index (χ1) is 15.2. The van der Waals surface area contributed by atoms with Crippen LogP contribution in [0.4, 0.5) is 5.69 Å². The van der Waals surface area contributed by atoms with Gasteiger partial charge in [-0.15, -0.1) is 11.3 Å². The van der Waals surface area contributed by atoms with E-state index >= 15 is 0 Å². The summed E-state index contributed by atoms with van der Waals surface area (Å²) in [5.74, 6) is -0.0814. The van der Waals surface area contributed by atoms with E-state index in [0.29, 0.717) is 5.69 Å². The molecule has 0 radical (unpaired) electrons. The molecule has 1 aliphatic carbocycles. The van der Waals surface area contributed by atoms with Crippen LogP contribution in [-0.4, -0.2) is 60.0 Å². The van der Waals surface area contributed by atoms with Crippen molar-refractivity contribution in [3.05, 3.63) is 64.9 Å². The lowest BCUT2D eigenvalue weighted by atomic mass is 9.86. The molecule has 1 amide bonds. The molecule has 1 fully saturated rings. The average Bonchev–Trinajstić information content (AvgIpc) is 3.31. The summed E-state index contributed by atoms with van der Waals surface area (Å²) >= 11 is 1.49. The number of thiazole rings is 1. The molecule has 5 rings (SSSR count). The lowest BCUT2D eigenvalue weighted by Crippen LogP contribution is -2.45. The maximum atomic E-state index is 12.9. The van der Waals surface area contributed by atoms with Crippen molar-refractivity contribution in [2.24, 2.45) is 0 Å². The number of anilines is 1. The molecule has 0 spiro atoms. The Bertz CT molecular complexity index is 1060. The second-order valence-electron chi connectivity index (χ2n) is 8.39. The molecule has 1 N–H and O–H groups in total. The Morgan fingerprint density at radius 1 is 1.13 bits per heavy atom. The third-order valence-electron chi connectivity index (χ3n) is 6.30. The first kappa shape index (κ1) is 20.2. The molecule has 7 heteroatoms. The number of amides is 1. The lowest BCUT2D eigenvalue weighted by Gasteiger charge is -2.37. The van der Waals surface area contributed by atoms with E-state index in [1.54, 1.807) is 12.4 Å². The van der Waals surface area contributed by atoms with Crippen LogP contribution >= 0.6 is 11.3 Å². The molecule has 160 valence electrons. The fourth-order valence-corrected chi connectivity index (χ4v) is 5.31. The molecule has 1 unspecified atom stereocenters. The van der Waals surface area contributed by atoms with Gasteiger partial charge in [0, 0.05) is 61.2 Å². The predicted molar refractivity (Wildman–Crippen MR) is 125 cm³/mol. The SMILES string of the molecule is CN1CCN(c2cccc3c2CC(NC(=O)c2csc(-c4ccncc4)n2)CC3)CC1. The van der Waals surface area contributed by atoms with Gasteiger partial charge >= 0.3 is 0 Å². The van der Waals surface area contributed by atoms with Crippen molar-refractivity contribution in [3.8, 4) is 10.6 Å². The molecule has 6 nitrogen and oxygen atoms in total. The van der Waals surface area contributed by atoms with E-state index in [1.165, 1.54) is 28.2 Å². The Balaban J connectivity index is 1.29. The van der Waals surface area contributed by atoms with Crippen molar-refractivity contribution < 1.29 is 4.79 Å². The number of pyridine rings is 1. The molecule has 2 aromatic heterocycles. The Labute approximate surface area is 186 Å². The average molecular weight is 434 g/mol. The third kappa shape index (κ3) is 4.34. The van der Waals surface area contributed by atoms with E-state index < -0.39 is 0 Å². The van der Waals surface area contributed by atoms with Crippen LogP contribution in [0.2, 0.25) is 0 Å². The minimum Gasteiger partial charge on any atom is -0.369 e. The van der Waals surface area contributed by atoms with E-state index in [0.717, 1.165) is 56.0 Å². The summed E-state index contributed by atoms with van der Waals surface area (Å²) in [6.45, 7) is 4.29. The Hall–Kier alpha value is -2.77. The van der Waals surface area contributed by atoms with Crippen molar-refractivity contribution in [1.29, 1.82) is 0 Å². The van der Waals surface area contributed by atoms with Gasteiger partial charge in [0.1, 0.15) is 10.7 Å². The summed E-state index contributed by atoms with van der Waals surface area (Å²) < 4.78 is 0. The molecule has 3 heterocycles. The van der Waals surface area contributed by atoms with Crippen molar-refractivity contribution in [2.75, 3.05) is 38.1 Å². The van der Waals surface area contributed by atoms with Gasteiger partial charge in [0.2, 0.25) is 0 Å². The van der Waals surface area contributed by atoms with Gasteiger partial charge in [-0.1, -0.05) is 12.1 Å². The van der Waals surface area contributed by atoms with Crippen molar-refractivity contribution in [2.45, 2.75) is 25.3 Å². The van der Waals surface area contributed by atoms with Gasteiger partial charge in [0.15, 0.2) is 0 Å². The summed E-state index contributed by atoms with van der Waals surface area (Å²) in [5.41, 5.74) is 5.66. The standard InChI is InChI=1S/C24H27N5OS/c1-28-11-13-29(14-12-28)22-4-2-3-17-5-6-19(15-20(17)22)26-23(30)21-16-31-24(27-21)18-7-9-25-10-8-18/h2-4,7-10,16,19H,5-6,11-15H2,1H3,(H,26,30). The molecule has 0 bridgehead atoms. The largest absolute Gasteiger partial charge is 0.369 e. The van der Waals surface area contributed by atoms with Crippen molar-refractivity contribution >= 4 is 22.9 Å². The van der Waals surface area contributed by atoms with Gasteiger partial charge in [-0.05, 0) is 55.6 Å². The summed E-state index contributed by atoms with van der Waals surface area (Å²) in [7, 11) is 2.18. The molecule has 31 heavy (non-hydrogen) atoms. The predicted octanol–water partition coefficient (Wildman–Crippen LogP) is 3.24. The summed E-state index contributed by atoms with van der Waals surface area (Å²) in [5, 5.41) is 5.94. The van der Waals surface area contributed by atoms with Crippen LogP contribution in [0.1, 0.15) is 28.0 Å². The van der Waals surface area contributed by atoms with Crippen molar-refractivity contribution in [1.82, 2.24) is 20.2 Å². The molecular formula is C24H27N5OS. The molecule has 1 atom stereocenters. The number of carbonyl (C=O) groups excluding carboxylic acids is 1. The number of benzene rings is 1. The van der Waals surface area contributed by atoms with Gasteiger partial charge in [0.25, 0.3) is 5.91 Å². The second-order valence-corrected chi connectivity index (χ2v) is 9.25. The van der Waals surface area contributed by atoms with Crippen molar-refractivity contribution in [3.63, 3.8) is 0 Å². The topological polar surface area (TPSA) is 61.4 Å². The highest BCUT2D eigenvalue weighted by Gasteiger charge is 2.26. The first-order valence-electron chi connectivity index (χ1n) is 10.9. The van der Waals surface area contributed by atoms with Gasteiger partial charge in [-0.25, -0.2) is 4.98 Å². The first-order valence-corrected chi connectivity index (χ1v) is 11.8. The molecule has 1 aliphatic heterocycles. The summed E-state index contributed by atoms with van der Waals surface area (Å²) in [6.07, 6.45) is 6.33. The van der Waals surface area contributed by atoms with E-state index in [2.05, 4.69) is 50.3 Å². The molecule has 1 aromatic carbocycles. The number of likely N-dealkylation sites (N-methyl/N-ethyl adjacent to an activating group) is 1. The minimum absolute atomic E-state index is 0.0814. The number of hydrogen-bond acceptors (Lipinski definition) is 6. The number of aryl methyl sites for hydroxylation is 1. The number of nitrogens with one attached hydrogen (secondary N) is 1. The molecule has 3 aromatic rings. The van der Waals surface area contributed by atoms with Gasteiger partial charge in [0.05, 0.1) is 0 Å². The highest BCUT2D eigenvalue weighted by atomic mass is 32.1. The smallest absolute Gasteiger partial charge is 0.271 e. The number of aromatic nitrogens is 2. The monoisotopic (exact) mass is 433 g/mol. The fourth-order valence-electron chi connectivity index (χ4n) is 4.50. The number of fused-ring (bicyclic) bond motifs is 1. The van der Waals surface area contributed by atoms with E-state index in [9.17, 15) is 4.79 Å². The Morgan fingerprint density at radius 3 is 2.74 bits per heavy atom. The van der Waals surface area contributed by atoms with Crippen LogP contribution in [0.15, 0.2) is 48.1 Å². The fraction of sp³-hybridized carbons (Fsp3) is 0.375. The Morgan fingerprint density at radius 2 is 1.94 bits per heavy atom.